The fourth-order valence-electron chi connectivity index (χ4n) is 2.57. The second-order valence-electron chi connectivity index (χ2n) is 5.30. The Hall–Kier alpha value is -2.18. The Balaban J connectivity index is 2.14. The van der Waals surface area contributed by atoms with E-state index in [1.165, 1.54) is 0 Å². The van der Waals surface area contributed by atoms with Crippen molar-refractivity contribution in [2.24, 2.45) is 5.92 Å². The van der Waals surface area contributed by atoms with Gasteiger partial charge in [0.25, 0.3) is 17.2 Å². The summed E-state index contributed by atoms with van der Waals surface area (Å²) in [6.07, 6.45) is 4.92. The molecule has 0 unspecified atom stereocenters. The van der Waals surface area contributed by atoms with E-state index in [9.17, 15) is 19.7 Å². The Morgan fingerprint density at radius 1 is 1.50 bits per heavy atom. The predicted molar refractivity (Wildman–Crippen MR) is 72.6 cm³/mol. The maximum atomic E-state index is 12.1. The molecule has 0 spiro atoms. The molecule has 1 aromatic rings. The molecule has 0 radical (unpaired) electrons. The molecule has 1 aliphatic rings. The average Bonchev–Trinajstić information content (AvgIpc) is 2.38. The lowest BCUT2D eigenvalue weighted by atomic mass is 9.87. The standard InChI is InChI=1S/C13H17N3O4/c1-8-3-2-4-9(5-8)15-13(18)11-6-10(16(19)20)7-14-12(11)17/h6-9H,2-5H2,1H3,(H,14,17)(H,15,18)/t8-,9-/m0/s1. The Labute approximate surface area is 115 Å². The first-order chi connectivity index (χ1) is 9.47. The number of nitrogens with one attached hydrogen (secondary N) is 2. The molecule has 1 aromatic heterocycles. The Morgan fingerprint density at radius 3 is 2.90 bits per heavy atom. The largest absolute Gasteiger partial charge is 0.349 e. The van der Waals surface area contributed by atoms with Gasteiger partial charge in [-0.3, -0.25) is 19.7 Å². The fourth-order valence-corrected chi connectivity index (χ4v) is 2.57. The third-order valence-corrected chi connectivity index (χ3v) is 3.62. The molecule has 1 aliphatic carbocycles. The van der Waals surface area contributed by atoms with Gasteiger partial charge >= 0.3 is 0 Å². The summed E-state index contributed by atoms with van der Waals surface area (Å²) in [6.45, 7) is 2.12. The van der Waals surface area contributed by atoms with Gasteiger partial charge in [-0.05, 0) is 18.8 Å². The van der Waals surface area contributed by atoms with Crippen molar-refractivity contribution in [2.75, 3.05) is 0 Å². The lowest BCUT2D eigenvalue weighted by molar-refractivity contribution is -0.385. The molecule has 2 atom stereocenters. The van der Waals surface area contributed by atoms with Crippen LogP contribution in [0.2, 0.25) is 0 Å². The SMILES string of the molecule is C[C@H]1CCC[C@H](NC(=O)c2cc([N+](=O)[O-])c[nH]c2=O)C1. The van der Waals surface area contributed by atoms with Crippen LogP contribution < -0.4 is 10.9 Å². The first-order valence-electron chi connectivity index (χ1n) is 6.65. The number of H-pyrrole nitrogens is 1. The summed E-state index contributed by atoms with van der Waals surface area (Å²) in [6, 6.07) is 1.05. The minimum atomic E-state index is -0.643. The van der Waals surface area contributed by atoms with E-state index in [0.717, 1.165) is 37.9 Å². The molecule has 1 amide bonds. The highest BCUT2D eigenvalue weighted by molar-refractivity contribution is 5.94. The second kappa shape index (κ2) is 5.85. The van der Waals surface area contributed by atoms with Gasteiger partial charge in [-0.25, -0.2) is 0 Å². The molecule has 1 fully saturated rings. The van der Waals surface area contributed by atoms with Gasteiger partial charge in [-0.2, -0.15) is 0 Å². The molecule has 0 bridgehead atoms. The van der Waals surface area contributed by atoms with Crippen molar-refractivity contribution < 1.29 is 9.72 Å². The van der Waals surface area contributed by atoms with Crippen LogP contribution >= 0.6 is 0 Å². The Kier molecular flexibility index (Phi) is 4.16. The third-order valence-electron chi connectivity index (χ3n) is 3.62. The molecule has 20 heavy (non-hydrogen) atoms. The first-order valence-corrected chi connectivity index (χ1v) is 6.65. The van der Waals surface area contributed by atoms with Crippen LogP contribution in [0, 0.1) is 16.0 Å². The van der Waals surface area contributed by atoms with E-state index in [1.807, 2.05) is 0 Å². The molecule has 7 heteroatoms. The Bertz CT molecular complexity index is 581. The van der Waals surface area contributed by atoms with Gasteiger partial charge in [0.2, 0.25) is 0 Å². The zero-order chi connectivity index (χ0) is 14.7. The van der Waals surface area contributed by atoms with Gasteiger partial charge < -0.3 is 10.3 Å². The van der Waals surface area contributed by atoms with Crippen LogP contribution in [0.15, 0.2) is 17.1 Å². The molecule has 0 aromatic carbocycles. The summed E-state index contributed by atoms with van der Waals surface area (Å²) in [5, 5.41) is 13.5. The van der Waals surface area contributed by atoms with Crippen molar-refractivity contribution in [3.8, 4) is 0 Å². The minimum Gasteiger partial charge on any atom is -0.349 e. The molecule has 7 nitrogen and oxygen atoms in total. The van der Waals surface area contributed by atoms with E-state index in [4.69, 9.17) is 0 Å². The fraction of sp³-hybridized carbons (Fsp3) is 0.538. The number of nitrogens with zero attached hydrogens (tertiary/aromatic N) is 1. The Morgan fingerprint density at radius 2 is 2.25 bits per heavy atom. The van der Waals surface area contributed by atoms with E-state index < -0.39 is 16.4 Å². The van der Waals surface area contributed by atoms with Gasteiger partial charge in [0.1, 0.15) is 5.56 Å². The number of pyridine rings is 1. The van der Waals surface area contributed by atoms with E-state index in [-0.39, 0.29) is 17.3 Å². The van der Waals surface area contributed by atoms with Crippen LogP contribution in [0.4, 0.5) is 5.69 Å². The maximum Gasteiger partial charge on any atom is 0.286 e. The van der Waals surface area contributed by atoms with E-state index in [0.29, 0.717) is 5.92 Å². The van der Waals surface area contributed by atoms with E-state index >= 15 is 0 Å². The smallest absolute Gasteiger partial charge is 0.286 e. The van der Waals surface area contributed by atoms with Crippen LogP contribution in [0.25, 0.3) is 0 Å². The van der Waals surface area contributed by atoms with Crippen LogP contribution in [0.3, 0.4) is 0 Å². The predicted octanol–water partition coefficient (Wildman–Crippen LogP) is 1.59. The average molecular weight is 279 g/mol. The molecule has 0 saturated heterocycles. The molecular weight excluding hydrogens is 262 g/mol. The highest BCUT2D eigenvalue weighted by atomic mass is 16.6. The monoisotopic (exact) mass is 279 g/mol. The quantitative estimate of drug-likeness (QED) is 0.647. The number of aromatic amines is 1. The van der Waals surface area contributed by atoms with Gasteiger partial charge in [0.05, 0.1) is 11.1 Å². The lowest BCUT2D eigenvalue weighted by Crippen LogP contribution is -2.40. The van der Waals surface area contributed by atoms with E-state index in [1.54, 1.807) is 0 Å². The summed E-state index contributed by atoms with van der Waals surface area (Å²) in [5.74, 6) is -0.00788. The number of nitro groups is 1. The van der Waals surface area contributed by atoms with Crippen LogP contribution in [0.5, 0.6) is 0 Å². The van der Waals surface area contributed by atoms with Crippen molar-refractivity contribution in [2.45, 2.75) is 38.6 Å². The molecule has 1 saturated carbocycles. The topological polar surface area (TPSA) is 105 Å². The minimum absolute atomic E-state index is 0.0323. The summed E-state index contributed by atoms with van der Waals surface area (Å²) < 4.78 is 0. The first kappa shape index (κ1) is 14.2. The highest BCUT2D eigenvalue weighted by Gasteiger charge is 2.23. The normalized spacial score (nSPS) is 22.2. The van der Waals surface area contributed by atoms with Crippen molar-refractivity contribution >= 4 is 11.6 Å². The number of hydrogen-bond donors (Lipinski definition) is 2. The van der Waals surface area contributed by atoms with Crippen LogP contribution in [0.1, 0.15) is 43.0 Å². The van der Waals surface area contributed by atoms with Crippen LogP contribution in [-0.4, -0.2) is 21.9 Å². The van der Waals surface area contributed by atoms with E-state index in [2.05, 4.69) is 17.2 Å². The number of hydrogen-bond acceptors (Lipinski definition) is 4. The van der Waals surface area contributed by atoms with Gasteiger partial charge in [0.15, 0.2) is 0 Å². The molecule has 2 N–H and O–H groups in total. The van der Waals surface area contributed by atoms with Gasteiger partial charge in [0, 0.05) is 12.1 Å². The summed E-state index contributed by atoms with van der Waals surface area (Å²) in [5.41, 5.74) is -1.12. The molecule has 1 heterocycles. The summed E-state index contributed by atoms with van der Waals surface area (Å²) >= 11 is 0. The van der Waals surface area contributed by atoms with Gasteiger partial charge in [-0.15, -0.1) is 0 Å². The summed E-state index contributed by atoms with van der Waals surface area (Å²) in [7, 11) is 0. The van der Waals surface area contributed by atoms with Crippen molar-refractivity contribution in [3.05, 3.63) is 38.3 Å². The number of amides is 1. The number of carbonyl (C=O) groups excluding carboxylic acids is 1. The highest BCUT2D eigenvalue weighted by Crippen LogP contribution is 2.23. The van der Waals surface area contributed by atoms with Crippen molar-refractivity contribution in [3.63, 3.8) is 0 Å². The lowest BCUT2D eigenvalue weighted by Gasteiger charge is -2.27. The van der Waals surface area contributed by atoms with Crippen molar-refractivity contribution in [1.29, 1.82) is 0 Å². The third kappa shape index (κ3) is 3.23. The second-order valence-corrected chi connectivity index (χ2v) is 5.30. The number of aromatic nitrogens is 1. The van der Waals surface area contributed by atoms with Crippen LogP contribution in [-0.2, 0) is 0 Å². The van der Waals surface area contributed by atoms with Gasteiger partial charge in [-0.1, -0.05) is 19.8 Å². The molecule has 2 rings (SSSR count). The zero-order valence-corrected chi connectivity index (χ0v) is 11.2. The maximum absolute atomic E-state index is 12.1. The number of carbonyl (C=O) groups is 1. The van der Waals surface area contributed by atoms with Crippen molar-refractivity contribution in [1.82, 2.24) is 10.3 Å². The zero-order valence-electron chi connectivity index (χ0n) is 11.2. The molecular formula is C13H17N3O4. The molecule has 0 aliphatic heterocycles. The number of rotatable bonds is 3. The summed E-state index contributed by atoms with van der Waals surface area (Å²) in [4.78, 5) is 35.9. The molecule has 108 valence electrons.